The highest BCUT2D eigenvalue weighted by molar-refractivity contribution is 7.89. The smallest absolute Gasteiger partial charge is 0.417 e. The molecule has 0 spiro atoms. The Kier molecular flexibility index (Phi) is 4.40. The lowest BCUT2D eigenvalue weighted by atomic mass is 10.2. The molecular weight excluding hydrogens is 370 g/mol. The van der Waals surface area contributed by atoms with Gasteiger partial charge in [0.25, 0.3) is 0 Å². The number of hydrogen-bond acceptors (Lipinski definition) is 6. The van der Waals surface area contributed by atoms with Crippen molar-refractivity contribution < 1.29 is 17.6 Å². The molecule has 0 aliphatic carbocycles. The molecule has 142 valence electrons. The Morgan fingerprint density at radius 3 is 2.59 bits per heavy atom. The Morgan fingerprint density at radius 2 is 1.85 bits per heavy atom. The highest BCUT2D eigenvalue weighted by Gasteiger charge is 2.29. The summed E-state index contributed by atoms with van der Waals surface area (Å²) < 4.78 is 37.6. The van der Waals surface area contributed by atoms with E-state index >= 15 is 0 Å². The van der Waals surface area contributed by atoms with Crippen LogP contribution in [-0.2, 0) is 10.0 Å². The molecule has 1 aliphatic rings. The van der Waals surface area contributed by atoms with E-state index in [4.69, 9.17) is 9.15 Å². The molecule has 1 saturated heterocycles. The van der Waals surface area contributed by atoms with E-state index in [2.05, 4.69) is 9.88 Å². The number of oxazole rings is 1. The standard InChI is InChI=1S/C18H19N3O5S/c1-25-14-4-2-3-13(11-14)20-7-9-21(10-8-20)27(23,24)15-5-6-16-17(12-15)26-18(22)19-16/h2-6,11-12H,7-10H2,1H3,(H,19,22). The van der Waals surface area contributed by atoms with Crippen LogP contribution < -0.4 is 15.4 Å². The van der Waals surface area contributed by atoms with Gasteiger partial charge in [0.15, 0.2) is 5.58 Å². The molecule has 8 nitrogen and oxygen atoms in total. The molecule has 2 heterocycles. The zero-order valence-corrected chi connectivity index (χ0v) is 15.5. The molecule has 0 atom stereocenters. The highest BCUT2D eigenvalue weighted by atomic mass is 32.2. The lowest BCUT2D eigenvalue weighted by Gasteiger charge is -2.35. The molecule has 2 aromatic carbocycles. The van der Waals surface area contributed by atoms with Gasteiger partial charge in [-0.15, -0.1) is 0 Å². The number of aromatic nitrogens is 1. The number of nitrogens with one attached hydrogen (secondary N) is 1. The van der Waals surface area contributed by atoms with Crippen molar-refractivity contribution in [2.75, 3.05) is 38.2 Å². The van der Waals surface area contributed by atoms with E-state index in [9.17, 15) is 13.2 Å². The van der Waals surface area contributed by atoms with Gasteiger partial charge in [-0.25, -0.2) is 13.2 Å². The Bertz CT molecular complexity index is 1130. The van der Waals surface area contributed by atoms with Crippen molar-refractivity contribution in [3.05, 3.63) is 53.0 Å². The van der Waals surface area contributed by atoms with E-state index in [1.807, 2.05) is 24.3 Å². The maximum absolute atomic E-state index is 12.9. The lowest BCUT2D eigenvalue weighted by molar-refractivity contribution is 0.384. The third kappa shape index (κ3) is 3.31. The summed E-state index contributed by atoms with van der Waals surface area (Å²) in [4.78, 5) is 16.0. The molecule has 1 aromatic heterocycles. The lowest BCUT2D eigenvalue weighted by Crippen LogP contribution is -2.48. The van der Waals surface area contributed by atoms with Gasteiger partial charge in [-0.05, 0) is 24.3 Å². The number of fused-ring (bicyclic) bond motifs is 1. The predicted octanol–water partition coefficient (Wildman–Crippen LogP) is 1.64. The van der Waals surface area contributed by atoms with Crippen molar-refractivity contribution in [2.45, 2.75) is 4.90 Å². The van der Waals surface area contributed by atoms with Crippen LogP contribution in [0.25, 0.3) is 11.1 Å². The number of rotatable bonds is 4. The molecule has 0 saturated carbocycles. The second kappa shape index (κ2) is 6.75. The molecule has 0 radical (unpaired) electrons. The van der Waals surface area contributed by atoms with Gasteiger partial charge in [-0.2, -0.15) is 4.31 Å². The van der Waals surface area contributed by atoms with Crippen LogP contribution in [0, 0.1) is 0 Å². The number of piperazine rings is 1. The van der Waals surface area contributed by atoms with Crippen molar-refractivity contribution >= 4 is 26.8 Å². The summed E-state index contributed by atoms with van der Waals surface area (Å²) in [5.74, 6) is 0.162. The average Bonchev–Trinajstić information content (AvgIpc) is 3.07. The number of ether oxygens (including phenoxy) is 1. The van der Waals surface area contributed by atoms with Crippen LogP contribution in [-0.4, -0.2) is 51.0 Å². The third-order valence-electron chi connectivity index (χ3n) is 4.69. The average molecular weight is 389 g/mol. The van der Waals surface area contributed by atoms with Crippen LogP contribution in [0.4, 0.5) is 5.69 Å². The monoisotopic (exact) mass is 389 g/mol. The Hall–Kier alpha value is -2.78. The first-order valence-corrected chi connectivity index (χ1v) is 9.93. The summed E-state index contributed by atoms with van der Waals surface area (Å²) in [7, 11) is -2.04. The first-order chi connectivity index (χ1) is 13.0. The quantitative estimate of drug-likeness (QED) is 0.729. The molecule has 9 heteroatoms. The van der Waals surface area contributed by atoms with Crippen molar-refractivity contribution in [2.24, 2.45) is 0 Å². The fourth-order valence-corrected chi connectivity index (χ4v) is 4.67. The zero-order chi connectivity index (χ0) is 19.0. The molecular formula is C18H19N3O5S. The van der Waals surface area contributed by atoms with Crippen LogP contribution in [0.2, 0.25) is 0 Å². The fourth-order valence-electron chi connectivity index (χ4n) is 3.23. The van der Waals surface area contributed by atoms with E-state index in [1.165, 1.54) is 16.4 Å². The van der Waals surface area contributed by atoms with Crippen LogP contribution in [0.5, 0.6) is 5.75 Å². The minimum Gasteiger partial charge on any atom is -0.497 e. The van der Waals surface area contributed by atoms with Gasteiger partial charge in [0.1, 0.15) is 5.75 Å². The van der Waals surface area contributed by atoms with E-state index in [0.717, 1.165) is 11.4 Å². The number of sulfonamides is 1. The van der Waals surface area contributed by atoms with Gasteiger partial charge in [0.2, 0.25) is 10.0 Å². The molecule has 1 fully saturated rings. The van der Waals surface area contributed by atoms with Crippen molar-refractivity contribution in [3.63, 3.8) is 0 Å². The number of methoxy groups -OCH3 is 1. The van der Waals surface area contributed by atoms with Crippen LogP contribution in [0.3, 0.4) is 0 Å². The van der Waals surface area contributed by atoms with Crippen molar-refractivity contribution in [1.29, 1.82) is 0 Å². The molecule has 4 rings (SSSR count). The molecule has 1 N–H and O–H groups in total. The predicted molar refractivity (Wildman–Crippen MR) is 101 cm³/mol. The van der Waals surface area contributed by atoms with E-state index < -0.39 is 15.8 Å². The van der Waals surface area contributed by atoms with Crippen molar-refractivity contribution in [3.8, 4) is 5.75 Å². The summed E-state index contributed by atoms with van der Waals surface area (Å²) in [6.07, 6.45) is 0. The summed E-state index contributed by atoms with van der Waals surface area (Å²) in [5.41, 5.74) is 1.71. The highest BCUT2D eigenvalue weighted by Crippen LogP contribution is 2.25. The number of aromatic amines is 1. The van der Waals surface area contributed by atoms with Crippen LogP contribution in [0.15, 0.2) is 56.6 Å². The summed E-state index contributed by atoms with van der Waals surface area (Å²) in [6.45, 7) is 1.89. The van der Waals surface area contributed by atoms with Gasteiger partial charge >= 0.3 is 5.76 Å². The first-order valence-electron chi connectivity index (χ1n) is 8.49. The maximum atomic E-state index is 12.9. The van der Waals surface area contributed by atoms with E-state index in [0.29, 0.717) is 31.7 Å². The molecule has 0 unspecified atom stereocenters. The second-order valence-electron chi connectivity index (χ2n) is 6.27. The number of nitrogens with zero attached hydrogens (tertiary/aromatic N) is 2. The van der Waals surface area contributed by atoms with Gasteiger partial charge in [-0.3, -0.25) is 4.98 Å². The minimum absolute atomic E-state index is 0.118. The molecule has 3 aromatic rings. The van der Waals surface area contributed by atoms with Crippen LogP contribution >= 0.6 is 0 Å². The van der Waals surface area contributed by atoms with Gasteiger partial charge in [0.05, 0.1) is 17.5 Å². The second-order valence-corrected chi connectivity index (χ2v) is 8.20. The summed E-state index contributed by atoms with van der Waals surface area (Å²) in [5, 5.41) is 0. The summed E-state index contributed by atoms with van der Waals surface area (Å²) in [6, 6.07) is 12.1. The van der Waals surface area contributed by atoms with Gasteiger partial charge < -0.3 is 14.1 Å². The Morgan fingerprint density at radius 1 is 1.07 bits per heavy atom. The molecule has 1 aliphatic heterocycles. The molecule has 0 amide bonds. The third-order valence-corrected chi connectivity index (χ3v) is 6.58. The largest absolute Gasteiger partial charge is 0.497 e. The number of benzene rings is 2. The Labute approximate surface area is 156 Å². The Balaban J connectivity index is 1.52. The first kappa shape index (κ1) is 17.6. The maximum Gasteiger partial charge on any atom is 0.417 e. The van der Waals surface area contributed by atoms with Gasteiger partial charge in [0, 0.05) is 44.0 Å². The van der Waals surface area contributed by atoms with E-state index in [-0.39, 0.29) is 10.5 Å². The molecule has 0 bridgehead atoms. The number of H-pyrrole nitrogens is 1. The van der Waals surface area contributed by atoms with E-state index in [1.54, 1.807) is 13.2 Å². The number of hydrogen-bond donors (Lipinski definition) is 1. The topological polar surface area (TPSA) is 95.9 Å². The summed E-state index contributed by atoms with van der Waals surface area (Å²) >= 11 is 0. The normalized spacial score (nSPS) is 16.0. The minimum atomic E-state index is -3.66. The van der Waals surface area contributed by atoms with Crippen molar-refractivity contribution in [1.82, 2.24) is 9.29 Å². The van der Waals surface area contributed by atoms with Crippen LogP contribution in [0.1, 0.15) is 0 Å². The SMILES string of the molecule is COc1cccc(N2CCN(S(=O)(=O)c3ccc4[nH]c(=O)oc4c3)CC2)c1. The molecule has 27 heavy (non-hydrogen) atoms. The van der Waals surface area contributed by atoms with Gasteiger partial charge in [-0.1, -0.05) is 6.07 Å². The fraction of sp³-hybridized carbons (Fsp3) is 0.278. The zero-order valence-electron chi connectivity index (χ0n) is 14.7. The number of anilines is 1.